The lowest BCUT2D eigenvalue weighted by atomic mass is 10.1. The van der Waals surface area contributed by atoms with Gasteiger partial charge in [0.1, 0.15) is 6.04 Å². The highest BCUT2D eigenvalue weighted by atomic mass is 16.5. The molecule has 0 spiro atoms. The molecule has 21 heavy (non-hydrogen) atoms. The van der Waals surface area contributed by atoms with Crippen molar-refractivity contribution in [1.82, 2.24) is 15.5 Å². The van der Waals surface area contributed by atoms with Crippen LogP contribution in [0.4, 0.5) is 4.79 Å². The van der Waals surface area contributed by atoms with Gasteiger partial charge >= 0.3 is 12.0 Å². The van der Waals surface area contributed by atoms with Crippen LogP contribution in [-0.2, 0) is 19.1 Å². The van der Waals surface area contributed by atoms with Gasteiger partial charge < -0.3 is 30.1 Å². The maximum Gasteiger partial charge on any atom is 0.318 e. The quantitative estimate of drug-likeness (QED) is 0.534. The molecule has 0 saturated carbocycles. The fourth-order valence-electron chi connectivity index (χ4n) is 2.03. The standard InChI is InChI=1S/C12H21N3O6/c1-20-7-8(21-2)6-14-12(19)15-4-3-13-11(18)9(15)5-10(16)17/h8-9H,3-7H2,1-2H3,(H,13,18)(H,14,19)(H,16,17). The first kappa shape index (κ1) is 17.2. The Morgan fingerprint density at radius 1 is 1.52 bits per heavy atom. The van der Waals surface area contributed by atoms with Crippen LogP contribution in [0, 0.1) is 0 Å². The number of amides is 3. The Labute approximate surface area is 122 Å². The first-order chi connectivity index (χ1) is 9.99. The van der Waals surface area contributed by atoms with Gasteiger partial charge in [0.15, 0.2) is 0 Å². The van der Waals surface area contributed by atoms with E-state index in [1.165, 1.54) is 19.1 Å². The Kier molecular flexibility index (Phi) is 6.89. The molecule has 1 fully saturated rings. The van der Waals surface area contributed by atoms with Gasteiger partial charge in [-0.1, -0.05) is 0 Å². The molecule has 0 radical (unpaired) electrons. The Morgan fingerprint density at radius 3 is 2.81 bits per heavy atom. The zero-order chi connectivity index (χ0) is 15.8. The zero-order valence-corrected chi connectivity index (χ0v) is 12.1. The molecule has 0 aromatic carbocycles. The molecule has 3 N–H and O–H groups in total. The lowest BCUT2D eigenvalue weighted by molar-refractivity contribution is -0.142. The molecule has 0 bridgehead atoms. The van der Waals surface area contributed by atoms with E-state index in [1.807, 2.05) is 0 Å². The molecular weight excluding hydrogens is 282 g/mol. The molecule has 1 aliphatic heterocycles. The Bertz CT molecular complexity index is 389. The lowest BCUT2D eigenvalue weighted by Crippen LogP contribution is -2.60. The number of nitrogens with zero attached hydrogens (tertiary/aromatic N) is 1. The number of nitrogens with one attached hydrogen (secondary N) is 2. The van der Waals surface area contributed by atoms with Crippen molar-refractivity contribution in [2.75, 3.05) is 40.5 Å². The summed E-state index contributed by atoms with van der Waals surface area (Å²) in [7, 11) is 3.02. The number of rotatable bonds is 7. The summed E-state index contributed by atoms with van der Waals surface area (Å²) in [5.74, 6) is -1.59. The maximum atomic E-state index is 12.1. The predicted octanol–water partition coefficient (Wildman–Crippen LogP) is -1.37. The summed E-state index contributed by atoms with van der Waals surface area (Å²) < 4.78 is 10.0. The number of hydrogen-bond acceptors (Lipinski definition) is 5. The molecule has 1 saturated heterocycles. The number of methoxy groups -OCH3 is 2. The second-order valence-corrected chi connectivity index (χ2v) is 4.60. The summed E-state index contributed by atoms with van der Waals surface area (Å²) in [6.45, 7) is 1.09. The summed E-state index contributed by atoms with van der Waals surface area (Å²) in [5.41, 5.74) is 0. The molecule has 3 amide bonds. The smallest absolute Gasteiger partial charge is 0.318 e. The summed E-state index contributed by atoms with van der Waals surface area (Å²) in [4.78, 5) is 35.8. The monoisotopic (exact) mass is 303 g/mol. The normalized spacial score (nSPS) is 19.8. The minimum absolute atomic E-state index is 0.209. The van der Waals surface area contributed by atoms with Gasteiger partial charge in [0.25, 0.3) is 0 Å². The zero-order valence-electron chi connectivity index (χ0n) is 12.1. The largest absolute Gasteiger partial charge is 0.481 e. The minimum atomic E-state index is -1.14. The fraction of sp³-hybridized carbons (Fsp3) is 0.750. The summed E-state index contributed by atoms with van der Waals surface area (Å²) >= 11 is 0. The highest BCUT2D eigenvalue weighted by Crippen LogP contribution is 2.09. The van der Waals surface area contributed by atoms with Crippen molar-refractivity contribution in [2.24, 2.45) is 0 Å². The van der Waals surface area contributed by atoms with Gasteiger partial charge in [0.2, 0.25) is 5.91 Å². The molecule has 120 valence electrons. The SMILES string of the molecule is COCC(CNC(=O)N1CCNC(=O)C1CC(=O)O)OC. The Hall–Kier alpha value is -1.87. The first-order valence-corrected chi connectivity index (χ1v) is 6.55. The van der Waals surface area contributed by atoms with Crippen LogP contribution in [0.3, 0.4) is 0 Å². The minimum Gasteiger partial charge on any atom is -0.481 e. The third-order valence-electron chi connectivity index (χ3n) is 3.13. The van der Waals surface area contributed by atoms with Gasteiger partial charge in [-0.15, -0.1) is 0 Å². The van der Waals surface area contributed by atoms with Crippen LogP contribution >= 0.6 is 0 Å². The first-order valence-electron chi connectivity index (χ1n) is 6.55. The Morgan fingerprint density at radius 2 is 2.24 bits per heavy atom. The number of carbonyl (C=O) groups excluding carboxylic acids is 2. The molecule has 0 aliphatic carbocycles. The molecule has 2 atom stereocenters. The van der Waals surface area contributed by atoms with Gasteiger partial charge in [-0.2, -0.15) is 0 Å². The third-order valence-corrected chi connectivity index (χ3v) is 3.13. The van der Waals surface area contributed by atoms with Crippen molar-refractivity contribution in [1.29, 1.82) is 0 Å². The van der Waals surface area contributed by atoms with Crippen LogP contribution in [0.5, 0.6) is 0 Å². The number of aliphatic carboxylic acids is 1. The summed E-state index contributed by atoms with van der Waals surface area (Å²) in [6.07, 6.45) is -0.735. The van der Waals surface area contributed by atoms with Crippen LogP contribution in [0.15, 0.2) is 0 Å². The van der Waals surface area contributed by atoms with Crippen LogP contribution in [0.1, 0.15) is 6.42 Å². The van der Waals surface area contributed by atoms with Gasteiger partial charge in [-0.25, -0.2) is 4.79 Å². The van der Waals surface area contributed by atoms with E-state index in [0.717, 1.165) is 0 Å². The van der Waals surface area contributed by atoms with E-state index < -0.39 is 30.4 Å². The average molecular weight is 303 g/mol. The summed E-state index contributed by atoms with van der Waals surface area (Å²) in [6, 6.07) is -1.49. The number of carboxylic acid groups (broad SMARTS) is 1. The molecule has 0 aromatic heterocycles. The predicted molar refractivity (Wildman–Crippen MR) is 71.8 cm³/mol. The second kappa shape index (κ2) is 8.42. The van der Waals surface area contributed by atoms with Gasteiger partial charge in [0, 0.05) is 33.9 Å². The molecule has 9 nitrogen and oxygen atoms in total. The number of piperazine rings is 1. The number of urea groups is 1. The van der Waals surface area contributed by atoms with Crippen molar-refractivity contribution >= 4 is 17.9 Å². The molecule has 1 rings (SSSR count). The van der Waals surface area contributed by atoms with Gasteiger partial charge in [-0.05, 0) is 0 Å². The van der Waals surface area contributed by atoms with E-state index in [9.17, 15) is 14.4 Å². The van der Waals surface area contributed by atoms with E-state index in [-0.39, 0.29) is 19.2 Å². The molecular formula is C12H21N3O6. The average Bonchev–Trinajstić information content (AvgIpc) is 2.44. The van der Waals surface area contributed by atoms with E-state index >= 15 is 0 Å². The number of carbonyl (C=O) groups is 3. The number of hydrogen-bond donors (Lipinski definition) is 3. The van der Waals surface area contributed by atoms with E-state index in [0.29, 0.717) is 13.2 Å². The molecule has 2 unspecified atom stereocenters. The highest BCUT2D eigenvalue weighted by Gasteiger charge is 2.34. The number of ether oxygens (including phenoxy) is 2. The van der Waals surface area contributed by atoms with Crippen molar-refractivity contribution in [3.63, 3.8) is 0 Å². The third kappa shape index (κ3) is 5.20. The lowest BCUT2D eigenvalue weighted by Gasteiger charge is -2.34. The summed E-state index contributed by atoms with van der Waals surface area (Å²) in [5, 5.41) is 14.0. The van der Waals surface area contributed by atoms with Crippen molar-refractivity contribution in [3.05, 3.63) is 0 Å². The maximum absolute atomic E-state index is 12.1. The molecule has 1 heterocycles. The van der Waals surface area contributed by atoms with E-state index in [1.54, 1.807) is 0 Å². The van der Waals surface area contributed by atoms with E-state index in [2.05, 4.69) is 10.6 Å². The molecule has 0 aromatic rings. The van der Waals surface area contributed by atoms with Crippen molar-refractivity contribution in [2.45, 2.75) is 18.6 Å². The van der Waals surface area contributed by atoms with Gasteiger partial charge in [0.05, 0.1) is 19.1 Å². The van der Waals surface area contributed by atoms with Crippen LogP contribution in [0.2, 0.25) is 0 Å². The Balaban J connectivity index is 2.60. The van der Waals surface area contributed by atoms with Crippen LogP contribution in [-0.4, -0.2) is 80.5 Å². The highest BCUT2D eigenvalue weighted by molar-refractivity contribution is 5.91. The molecule has 9 heteroatoms. The molecule has 1 aliphatic rings. The van der Waals surface area contributed by atoms with Crippen molar-refractivity contribution < 1.29 is 29.0 Å². The topological polar surface area (TPSA) is 117 Å². The fourth-order valence-corrected chi connectivity index (χ4v) is 2.03. The van der Waals surface area contributed by atoms with E-state index in [4.69, 9.17) is 14.6 Å². The number of carboxylic acids is 1. The van der Waals surface area contributed by atoms with Gasteiger partial charge in [-0.3, -0.25) is 9.59 Å². The van der Waals surface area contributed by atoms with Crippen LogP contribution < -0.4 is 10.6 Å². The second-order valence-electron chi connectivity index (χ2n) is 4.60. The van der Waals surface area contributed by atoms with Crippen LogP contribution in [0.25, 0.3) is 0 Å². The van der Waals surface area contributed by atoms with Crippen molar-refractivity contribution in [3.8, 4) is 0 Å².